The summed E-state index contributed by atoms with van der Waals surface area (Å²) in [6, 6.07) is 1.79. The number of hydrogen-bond donors (Lipinski definition) is 1. The maximum absolute atomic E-state index is 13.6. The van der Waals surface area contributed by atoms with Crippen LogP contribution in [-0.2, 0) is 11.2 Å². The van der Waals surface area contributed by atoms with Crippen molar-refractivity contribution in [2.24, 2.45) is 11.8 Å². The third kappa shape index (κ3) is 3.06. The van der Waals surface area contributed by atoms with Crippen LogP contribution in [0.25, 0.3) is 0 Å². The highest BCUT2D eigenvalue weighted by atomic mass is 19.1. The number of carboxylic acids is 1. The summed E-state index contributed by atoms with van der Waals surface area (Å²) < 4.78 is 13.6. The predicted octanol–water partition coefficient (Wildman–Crippen LogP) is 2.96. The topological polar surface area (TPSA) is 50.2 Å². The van der Waals surface area contributed by atoms with E-state index in [9.17, 15) is 9.18 Å². The average molecular weight is 251 g/mol. The van der Waals surface area contributed by atoms with Crippen LogP contribution in [0.2, 0.25) is 0 Å². The van der Waals surface area contributed by atoms with Gasteiger partial charge in [-0.2, -0.15) is 0 Å². The van der Waals surface area contributed by atoms with Crippen molar-refractivity contribution in [1.29, 1.82) is 0 Å². The molecule has 0 saturated heterocycles. The van der Waals surface area contributed by atoms with Crippen molar-refractivity contribution in [2.45, 2.75) is 39.0 Å². The van der Waals surface area contributed by atoms with Crippen molar-refractivity contribution in [3.8, 4) is 0 Å². The average Bonchev–Trinajstić information content (AvgIpc) is 2.34. The molecule has 0 amide bonds. The zero-order chi connectivity index (χ0) is 13.1. The Labute approximate surface area is 106 Å². The van der Waals surface area contributed by atoms with E-state index in [1.165, 1.54) is 6.20 Å². The maximum atomic E-state index is 13.6. The molecule has 2 rings (SSSR count). The summed E-state index contributed by atoms with van der Waals surface area (Å²) in [5.74, 6) is -0.748. The fourth-order valence-electron chi connectivity index (χ4n) is 2.68. The van der Waals surface area contributed by atoms with Crippen LogP contribution < -0.4 is 0 Å². The van der Waals surface area contributed by atoms with Gasteiger partial charge in [0.15, 0.2) is 0 Å². The number of pyridine rings is 1. The molecule has 1 fully saturated rings. The van der Waals surface area contributed by atoms with Gasteiger partial charge in [-0.3, -0.25) is 9.78 Å². The monoisotopic (exact) mass is 251 g/mol. The molecule has 1 N–H and O–H groups in total. The lowest BCUT2D eigenvalue weighted by molar-refractivity contribution is -0.143. The Kier molecular flexibility index (Phi) is 3.94. The van der Waals surface area contributed by atoms with Crippen molar-refractivity contribution in [3.05, 3.63) is 29.3 Å². The Morgan fingerprint density at radius 2 is 2.11 bits per heavy atom. The van der Waals surface area contributed by atoms with Gasteiger partial charge in [0.05, 0.1) is 12.1 Å². The number of nitrogens with zero attached hydrogens (tertiary/aromatic N) is 1. The molecule has 1 heterocycles. The summed E-state index contributed by atoms with van der Waals surface area (Å²) >= 11 is 0. The largest absolute Gasteiger partial charge is 0.481 e. The summed E-state index contributed by atoms with van der Waals surface area (Å²) in [5, 5.41) is 8.93. The number of aliphatic carboxylic acids is 1. The first-order chi connectivity index (χ1) is 8.56. The molecule has 98 valence electrons. The summed E-state index contributed by atoms with van der Waals surface area (Å²) in [4.78, 5) is 14.8. The Bertz CT molecular complexity index is 439. The van der Waals surface area contributed by atoms with Crippen molar-refractivity contribution >= 4 is 5.97 Å². The van der Waals surface area contributed by atoms with Gasteiger partial charge in [-0.05, 0) is 56.6 Å². The van der Waals surface area contributed by atoms with Gasteiger partial charge < -0.3 is 5.11 Å². The van der Waals surface area contributed by atoms with E-state index in [1.54, 1.807) is 6.07 Å². The number of aryl methyl sites for hydroxylation is 1. The van der Waals surface area contributed by atoms with E-state index in [-0.39, 0.29) is 11.7 Å². The Morgan fingerprint density at radius 3 is 2.72 bits per heavy atom. The highest BCUT2D eigenvalue weighted by Crippen LogP contribution is 2.31. The Morgan fingerprint density at radius 1 is 1.44 bits per heavy atom. The lowest BCUT2D eigenvalue weighted by Gasteiger charge is -2.26. The van der Waals surface area contributed by atoms with Crippen molar-refractivity contribution < 1.29 is 14.3 Å². The smallest absolute Gasteiger partial charge is 0.306 e. The predicted molar refractivity (Wildman–Crippen MR) is 65.7 cm³/mol. The molecule has 0 aromatic carbocycles. The van der Waals surface area contributed by atoms with E-state index in [4.69, 9.17) is 5.11 Å². The van der Waals surface area contributed by atoms with Gasteiger partial charge in [-0.25, -0.2) is 4.39 Å². The molecule has 18 heavy (non-hydrogen) atoms. The molecule has 0 bridgehead atoms. The molecule has 4 heteroatoms. The first-order valence-corrected chi connectivity index (χ1v) is 6.40. The molecule has 0 unspecified atom stereocenters. The zero-order valence-electron chi connectivity index (χ0n) is 10.5. The molecule has 1 saturated carbocycles. The van der Waals surface area contributed by atoms with Gasteiger partial charge >= 0.3 is 5.97 Å². The number of halogens is 1. The van der Waals surface area contributed by atoms with Gasteiger partial charge in [-0.15, -0.1) is 0 Å². The van der Waals surface area contributed by atoms with Crippen LogP contribution in [-0.4, -0.2) is 16.1 Å². The second-order valence-corrected chi connectivity index (χ2v) is 5.18. The second-order valence-electron chi connectivity index (χ2n) is 5.18. The quantitative estimate of drug-likeness (QED) is 0.898. The normalized spacial score (nSPS) is 23.9. The first kappa shape index (κ1) is 13.0. The van der Waals surface area contributed by atoms with Gasteiger partial charge in [0.2, 0.25) is 0 Å². The highest BCUT2D eigenvalue weighted by molar-refractivity contribution is 5.69. The van der Waals surface area contributed by atoms with Crippen molar-refractivity contribution in [1.82, 2.24) is 4.98 Å². The Hall–Kier alpha value is -1.45. The van der Waals surface area contributed by atoms with Crippen LogP contribution in [0.1, 0.15) is 36.9 Å². The van der Waals surface area contributed by atoms with Gasteiger partial charge in [-0.1, -0.05) is 0 Å². The zero-order valence-corrected chi connectivity index (χ0v) is 10.5. The SMILES string of the molecule is Cc1cc(CC2CCC(C(=O)O)CC2)c(F)cn1. The van der Waals surface area contributed by atoms with E-state index in [0.29, 0.717) is 30.7 Å². The molecule has 0 spiro atoms. The molecule has 1 aromatic heterocycles. The molecule has 0 atom stereocenters. The molecular formula is C14H18FNO2. The fraction of sp³-hybridized carbons (Fsp3) is 0.571. The molecular weight excluding hydrogens is 233 g/mol. The standard InChI is InChI=1S/C14H18FNO2/c1-9-6-12(13(15)8-16-9)7-10-2-4-11(5-3-10)14(17)18/h6,8,10-11H,2-5,7H2,1H3,(H,17,18). The minimum atomic E-state index is -0.695. The van der Waals surface area contributed by atoms with E-state index in [2.05, 4.69) is 4.98 Å². The number of carboxylic acid groups (broad SMARTS) is 1. The van der Waals surface area contributed by atoms with E-state index < -0.39 is 5.97 Å². The minimum absolute atomic E-state index is 0.203. The number of hydrogen-bond acceptors (Lipinski definition) is 2. The lowest BCUT2D eigenvalue weighted by Crippen LogP contribution is -2.22. The van der Waals surface area contributed by atoms with Crippen LogP contribution in [0.15, 0.2) is 12.3 Å². The van der Waals surface area contributed by atoms with Crippen molar-refractivity contribution in [3.63, 3.8) is 0 Å². The molecule has 3 nitrogen and oxygen atoms in total. The van der Waals surface area contributed by atoms with Crippen LogP contribution in [0.3, 0.4) is 0 Å². The third-order valence-electron chi connectivity index (χ3n) is 3.78. The summed E-state index contributed by atoms with van der Waals surface area (Å²) in [7, 11) is 0. The first-order valence-electron chi connectivity index (χ1n) is 6.40. The van der Waals surface area contributed by atoms with Crippen LogP contribution in [0.4, 0.5) is 4.39 Å². The number of carbonyl (C=O) groups is 1. The van der Waals surface area contributed by atoms with E-state index in [1.807, 2.05) is 6.92 Å². The van der Waals surface area contributed by atoms with Gasteiger partial charge in [0.1, 0.15) is 5.82 Å². The fourth-order valence-corrected chi connectivity index (χ4v) is 2.68. The number of aromatic nitrogens is 1. The molecule has 0 radical (unpaired) electrons. The molecule has 1 aliphatic rings. The second kappa shape index (κ2) is 5.46. The van der Waals surface area contributed by atoms with Crippen LogP contribution in [0, 0.1) is 24.6 Å². The van der Waals surface area contributed by atoms with E-state index in [0.717, 1.165) is 18.5 Å². The third-order valence-corrected chi connectivity index (χ3v) is 3.78. The minimum Gasteiger partial charge on any atom is -0.481 e. The molecule has 0 aliphatic heterocycles. The van der Waals surface area contributed by atoms with Gasteiger partial charge in [0, 0.05) is 5.69 Å². The highest BCUT2D eigenvalue weighted by Gasteiger charge is 2.26. The molecule has 1 aliphatic carbocycles. The Balaban J connectivity index is 1.95. The van der Waals surface area contributed by atoms with Crippen LogP contribution >= 0.6 is 0 Å². The lowest BCUT2D eigenvalue weighted by atomic mass is 9.79. The van der Waals surface area contributed by atoms with Crippen molar-refractivity contribution in [2.75, 3.05) is 0 Å². The molecule has 1 aromatic rings. The van der Waals surface area contributed by atoms with Gasteiger partial charge in [0.25, 0.3) is 0 Å². The summed E-state index contributed by atoms with van der Waals surface area (Å²) in [6.07, 6.45) is 5.14. The number of rotatable bonds is 3. The van der Waals surface area contributed by atoms with E-state index >= 15 is 0 Å². The summed E-state index contributed by atoms with van der Waals surface area (Å²) in [6.45, 7) is 1.85. The van der Waals surface area contributed by atoms with Crippen LogP contribution in [0.5, 0.6) is 0 Å². The summed E-state index contributed by atoms with van der Waals surface area (Å²) in [5.41, 5.74) is 1.53. The maximum Gasteiger partial charge on any atom is 0.306 e.